The molecule has 2 aromatic rings. The van der Waals surface area contributed by atoms with Crippen LogP contribution in [0.3, 0.4) is 0 Å². The molecule has 88 valence electrons. The van der Waals surface area contributed by atoms with Crippen LogP contribution in [0.2, 0.25) is 5.02 Å². The number of nitrogens with one attached hydrogen (secondary N) is 2. The van der Waals surface area contributed by atoms with Crippen molar-refractivity contribution in [2.45, 2.75) is 0 Å². The molecule has 1 aromatic carbocycles. The number of carbonyl (C=O) groups excluding carboxylic acids is 1. The molecule has 1 aromatic heterocycles. The van der Waals surface area contributed by atoms with Gasteiger partial charge in [0.2, 0.25) is 0 Å². The molecule has 4 N–H and O–H groups in total. The normalized spacial score (nSPS) is 10.2. The molecule has 0 spiro atoms. The Morgan fingerprint density at radius 1 is 1.47 bits per heavy atom. The average Bonchev–Trinajstić information content (AvgIpc) is 2.69. The Bertz CT molecular complexity index is 569. The van der Waals surface area contributed by atoms with Crippen molar-refractivity contribution in [3.05, 3.63) is 39.5 Å². The lowest BCUT2D eigenvalue weighted by molar-refractivity contribution is 0.102. The molecule has 1 heterocycles. The largest absolute Gasteiger partial charge is 0.382 e. The number of H-pyrrole nitrogens is 1. The number of amides is 1. The molecule has 0 fully saturated rings. The Labute approximate surface area is 110 Å². The van der Waals surface area contributed by atoms with Crippen molar-refractivity contribution < 1.29 is 4.79 Å². The van der Waals surface area contributed by atoms with Crippen LogP contribution >= 0.6 is 27.5 Å². The first-order valence-electron chi connectivity index (χ1n) is 4.63. The van der Waals surface area contributed by atoms with E-state index in [1.807, 2.05) is 0 Å². The minimum absolute atomic E-state index is 0.261. The van der Waals surface area contributed by atoms with Gasteiger partial charge in [-0.2, -0.15) is 5.10 Å². The number of nitrogen functional groups attached to an aromatic ring is 1. The van der Waals surface area contributed by atoms with Gasteiger partial charge < -0.3 is 11.1 Å². The monoisotopic (exact) mass is 314 g/mol. The van der Waals surface area contributed by atoms with E-state index >= 15 is 0 Å². The highest BCUT2D eigenvalue weighted by molar-refractivity contribution is 9.10. The zero-order valence-corrected chi connectivity index (χ0v) is 10.8. The van der Waals surface area contributed by atoms with Gasteiger partial charge in [-0.3, -0.25) is 9.89 Å². The number of hydrogen-bond donors (Lipinski definition) is 3. The number of rotatable bonds is 2. The molecule has 2 rings (SSSR count). The van der Waals surface area contributed by atoms with Crippen molar-refractivity contribution in [3.8, 4) is 0 Å². The van der Waals surface area contributed by atoms with Gasteiger partial charge in [-0.15, -0.1) is 0 Å². The van der Waals surface area contributed by atoms with Crippen LogP contribution in [0.25, 0.3) is 0 Å². The molecule has 1 amide bonds. The second-order valence-corrected chi connectivity index (χ2v) is 4.61. The predicted octanol–water partition coefficient (Wildman–Crippen LogP) is 2.66. The SMILES string of the molecule is Nc1cc(C(=O)Nc2ccc(Br)cc2Cl)[nH]n1. The number of halogens is 2. The molecule has 0 aliphatic carbocycles. The van der Waals surface area contributed by atoms with Gasteiger partial charge in [-0.25, -0.2) is 0 Å². The third kappa shape index (κ3) is 2.78. The summed E-state index contributed by atoms with van der Waals surface area (Å²) in [4.78, 5) is 11.8. The number of nitrogens with two attached hydrogens (primary N) is 1. The van der Waals surface area contributed by atoms with E-state index in [1.54, 1.807) is 18.2 Å². The summed E-state index contributed by atoms with van der Waals surface area (Å²) in [6, 6.07) is 6.62. The third-order valence-electron chi connectivity index (χ3n) is 2.02. The summed E-state index contributed by atoms with van der Waals surface area (Å²) in [5.74, 6) is -0.0875. The third-order valence-corrected chi connectivity index (χ3v) is 2.83. The molecule has 7 heteroatoms. The van der Waals surface area contributed by atoms with Gasteiger partial charge in [0.25, 0.3) is 5.91 Å². The number of aromatic amines is 1. The van der Waals surface area contributed by atoms with Gasteiger partial charge in [-0.05, 0) is 18.2 Å². The quantitative estimate of drug-likeness (QED) is 0.796. The molecular formula is C10H8BrClN4O. The molecule has 0 saturated heterocycles. The summed E-state index contributed by atoms with van der Waals surface area (Å²) in [6.45, 7) is 0. The molecule has 0 bridgehead atoms. The van der Waals surface area contributed by atoms with Crippen LogP contribution in [0.1, 0.15) is 10.5 Å². The van der Waals surface area contributed by atoms with Gasteiger partial charge in [0.15, 0.2) is 0 Å². The van der Waals surface area contributed by atoms with E-state index in [2.05, 4.69) is 31.4 Å². The number of benzene rings is 1. The summed E-state index contributed by atoms with van der Waals surface area (Å²) < 4.78 is 0.839. The topological polar surface area (TPSA) is 83.8 Å². The summed E-state index contributed by atoms with van der Waals surface area (Å²) in [6.07, 6.45) is 0. The van der Waals surface area contributed by atoms with Gasteiger partial charge in [0, 0.05) is 10.5 Å². The summed E-state index contributed by atoms with van der Waals surface area (Å²) in [5.41, 5.74) is 6.21. The Kier molecular flexibility index (Phi) is 3.35. The first-order chi connectivity index (χ1) is 8.06. The predicted molar refractivity (Wildman–Crippen MR) is 70.1 cm³/mol. The zero-order valence-electron chi connectivity index (χ0n) is 8.50. The van der Waals surface area contributed by atoms with Gasteiger partial charge in [-0.1, -0.05) is 27.5 Å². The number of anilines is 2. The van der Waals surface area contributed by atoms with E-state index in [-0.39, 0.29) is 17.4 Å². The van der Waals surface area contributed by atoms with E-state index in [1.165, 1.54) is 6.07 Å². The second-order valence-electron chi connectivity index (χ2n) is 3.28. The fraction of sp³-hybridized carbons (Fsp3) is 0. The van der Waals surface area contributed by atoms with Crippen LogP contribution < -0.4 is 11.1 Å². The molecule has 0 unspecified atom stereocenters. The molecule has 0 aliphatic rings. The summed E-state index contributed by atoms with van der Waals surface area (Å²) >= 11 is 9.25. The average molecular weight is 316 g/mol. The van der Waals surface area contributed by atoms with Gasteiger partial charge in [0.1, 0.15) is 11.5 Å². The van der Waals surface area contributed by atoms with E-state index in [4.69, 9.17) is 17.3 Å². The van der Waals surface area contributed by atoms with Crippen LogP contribution in [0, 0.1) is 0 Å². The lowest BCUT2D eigenvalue weighted by atomic mass is 10.3. The number of aromatic nitrogens is 2. The lowest BCUT2D eigenvalue weighted by Crippen LogP contribution is -2.12. The molecule has 5 nitrogen and oxygen atoms in total. The Morgan fingerprint density at radius 2 is 2.24 bits per heavy atom. The molecular weight excluding hydrogens is 307 g/mol. The highest BCUT2D eigenvalue weighted by Crippen LogP contribution is 2.25. The molecule has 0 saturated carbocycles. The molecule has 0 radical (unpaired) electrons. The van der Waals surface area contributed by atoms with Crippen LogP contribution in [0.15, 0.2) is 28.7 Å². The van der Waals surface area contributed by atoms with Crippen molar-refractivity contribution >= 4 is 44.9 Å². The maximum Gasteiger partial charge on any atom is 0.273 e. The van der Waals surface area contributed by atoms with E-state index in [0.29, 0.717) is 10.7 Å². The number of carbonyl (C=O) groups is 1. The smallest absolute Gasteiger partial charge is 0.273 e. The van der Waals surface area contributed by atoms with Crippen molar-refractivity contribution in [2.75, 3.05) is 11.1 Å². The molecule has 0 atom stereocenters. The fourth-order valence-electron chi connectivity index (χ4n) is 1.23. The highest BCUT2D eigenvalue weighted by Gasteiger charge is 2.10. The standard InChI is InChI=1S/C10H8BrClN4O/c11-5-1-2-7(6(12)3-5)14-10(17)8-4-9(13)16-15-8/h1-4H,(H,14,17)(H3,13,15,16). The summed E-state index contributed by atoms with van der Waals surface area (Å²) in [5, 5.41) is 9.28. The van der Waals surface area contributed by atoms with Crippen LogP contribution in [0.4, 0.5) is 11.5 Å². The van der Waals surface area contributed by atoms with Gasteiger partial charge in [0.05, 0.1) is 10.7 Å². The minimum Gasteiger partial charge on any atom is -0.382 e. The van der Waals surface area contributed by atoms with Gasteiger partial charge >= 0.3 is 0 Å². The van der Waals surface area contributed by atoms with E-state index < -0.39 is 0 Å². The highest BCUT2D eigenvalue weighted by atomic mass is 79.9. The lowest BCUT2D eigenvalue weighted by Gasteiger charge is -2.05. The zero-order chi connectivity index (χ0) is 12.4. The first-order valence-corrected chi connectivity index (χ1v) is 5.80. The van der Waals surface area contributed by atoms with Crippen molar-refractivity contribution in [1.29, 1.82) is 0 Å². The van der Waals surface area contributed by atoms with Crippen molar-refractivity contribution in [1.82, 2.24) is 10.2 Å². The Hall–Kier alpha value is -1.53. The fourth-order valence-corrected chi connectivity index (χ4v) is 1.95. The number of hydrogen-bond acceptors (Lipinski definition) is 3. The maximum absolute atomic E-state index is 11.8. The van der Waals surface area contributed by atoms with Crippen LogP contribution in [-0.4, -0.2) is 16.1 Å². The van der Waals surface area contributed by atoms with Crippen molar-refractivity contribution in [3.63, 3.8) is 0 Å². The molecule has 0 aliphatic heterocycles. The number of nitrogens with zero attached hydrogens (tertiary/aromatic N) is 1. The Morgan fingerprint density at radius 3 is 2.82 bits per heavy atom. The molecule has 17 heavy (non-hydrogen) atoms. The van der Waals surface area contributed by atoms with Crippen LogP contribution in [-0.2, 0) is 0 Å². The summed E-state index contributed by atoms with van der Waals surface area (Å²) in [7, 11) is 0. The Balaban J connectivity index is 2.18. The van der Waals surface area contributed by atoms with E-state index in [0.717, 1.165) is 4.47 Å². The minimum atomic E-state index is -0.349. The van der Waals surface area contributed by atoms with E-state index in [9.17, 15) is 4.79 Å². The second kappa shape index (κ2) is 4.77. The first kappa shape index (κ1) is 11.9. The van der Waals surface area contributed by atoms with Crippen LogP contribution in [0.5, 0.6) is 0 Å². The maximum atomic E-state index is 11.8. The van der Waals surface area contributed by atoms with Crippen molar-refractivity contribution in [2.24, 2.45) is 0 Å².